The van der Waals surface area contributed by atoms with Gasteiger partial charge in [-0.3, -0.25) is 0 Å². The third-order valence-corrected chi connectivity index (χ3v) is 0. The van der Waals surface area contributed by atoms with E-state index in [2.05, 4.69) is 0 Å². The summed E-state index contributed by atoms with van der Waals surface area (Å²) in [4.78, 5) is 0. The van der Waals surface area contributed by atoms with E-state index in [1.54, 1.807) is 0 Å². The molecule has 0 aliphatic carbocycles. The van der Waals surface area contributed by atoms with E-state index in [0.717, 1.165) is 0 Å². The van der Waals surface area contributed by atoms with Crippen LogP contribution in [0.5, 0.6) is 0 Å². The first kappa shape index (κ1) is 108. The largest absolute Gasteiger partial charge is 2.00 e. The van der Waals surface area contributed by atoms with E-state index >= 15 is 0 Å². The Morgan fingerprint density at radius 2 is 0.800 bits per heavy atom. The number of hydrogen-bond acceptors (Lipinski definition) is 1. The van der Waals surface area contributed by atoms with Gasteiger partial charge in [-0.25, -0.2) is 0 Å². The van der Waals surface area contributed by atoms with Gasteiger partial charge >= 0.3 is 42.5 Å². The zero-order valence-electron chi connectivity index (χ0n) is 2.94. The summed E-state index contributed by atoms with van der Waals surface area (Å²) < 4.78 is 0. The van der Waals surface area contributed by atoms with Crippen molar-refractivity contribution in [1.29, 1.82) is 0 Å². The van der Waals surface area contributed by atoms with Gasteiger partial charge in [0.1, 0.15) is 0 Å². The third-order valence-electron chi connectivity index (χ3n) is 0. The summed E-state index contributed by atoms with van der Waals surface area (Å²) in [5, 5.41) is 0. The van der Waals surface area contributed by atoms with Gasteiger partial charge in [-0.15, -0.1) is 0 Å². The van der Waals surface area contributed by atoms with Crippen LogP contribution < -0.4 is 6.15 Å². The number of hydrogen-bond donors (Lipinski definition) is 1. The van der Waals surface area contributed by atoms with Gasteiger partial charge in [0, 0.05) is 0 Å². The first-order valence-electron chi connectivity index (χ1n) is 0. The summed E-state index contributed by atoms with van der Waals surface area (Å²) in [7, 11) is 0. The maximum atomic E-state index is 0. The number of rotatable bonds is 0. The van der Waals surface area contributed by atoms with E-state index in [1.165, 1.54) is 0 Å². The zero-order chi connectivity index (χ0) is 0. The van der Waals surface area contributed by atoms with E-state index in [1.807, 2.05) is 0 Å². The second-order valence-electron chi connectivity index (χ2n) is 0. The molecule has 0 bridgehead atoms. The van der Waals surface area contributed by atoms with Crippen LogP contribution in [0.3, 0.4) is 0 Å². The Labute approximate surface area is 59.6 Å². The average molecular weight is 139 g/mol. The van der Waals surface area contributed by atoms with Gasteiger partial charge in [0.15, 0.2) is 0 Å². The quantitative estimate of drug-likeness (QED) is 0.451. The standard InChI is InChI=1S/Mg.H3N.2O.Zn/h;1H3;;;/q+2;;2*-2;+2. The minimum atomic E-state index is 0. The van der Waals surface area contributed by atoms with E-state index in [0.29, 0.717) is 0 Å². The van der Waals surface area contributed by atoms with E-state index in [-0.39, 0.29) is 59.6 Å². The molecule has 5 heteroatoms. The molecule has 5 heavy (non-hydrogen) atoms. The van der Waals surface area contributed by atoms with Crippen molar-refractivity contribution in [3.05, 3.63) is 0 Å². The van der Waals surface area contributed by atoms with Crippen LogP contribution in [0.15, 0.2) is 0 Å². The van der Waals surface area contributed by atoms with E-state index in [9.17, 15) is 0 Å². The Bertz CT molecular complexity index is 9.61. The van der Waals surface area contributed by atoms with Crippen LogP contribution in [0, 0.1) is 0 Å². The molecule has 0 saturated heterocycles. The molecule has 0 aliphatic rings. The molecule has 0 heterocycles. The Morgan fingerprint density at radius 1 is 0.800 bits per heavy atom. The molecule has 0 unspecified atom stereocenters. The Kier molecular flexibility index (Phi) is 1290. The van der Waals surface area contributed by atoms with Crippen LogP contribution >= 0.6 is 0 Å². The molecule has 0 aromatic rings. The summed E-state index contributed by atoms with van der Waals surface area (Å²) >= 11 is 0. The zero-order valence-corrected chi connectivity index (χ0v) is 7.32. The molecule has 0 rings (SSSR count). The molecule has 0 aromatic carbocycles. The van der Waals surface area contributed by atoms with Gasteiger partial charge in [0.2, 0.25) is 0 Å². The molecular weight excluding hydrogens is 136 g/mol. The van der Waals surface area contributed by atoms with Crippen LogP contribution in [0.1, 0.15) is 0 Å². The van der Waals surface area contributed by atoms with Crippen LogP contribution in [0.2, 0.25) is 0 Å². The topological polar surface area (TPSA) is 92.0 Å². The van der Waals surface area contributed by atoms with Crippen LogP contribution in [0.25, 0.3) is 0 Å². The summed E-state index contributed by atoms with van der Waals surface area (Å²) in [5.74, 6) is 0. The van der Waals surface area contributed by atoms with Gasteiger partial charge in [-0.05, 0) is 0 Å². The maximum Gasteiger partial charge on any atom is 2.00 e. The maximum absolute atomic E-state index is 0. The minimum Gasteiger partial charge on any atom is -2.00 e. The van der Waals surface area contributed by atoms with Crippen molar-refractivity contribution < 1.29 is 30.4 Å². The van der Waals surface area contributed by atoms with Crippen molar-refractivity contribution in [1.82, 2.24) is 6.15 Å². The second kappa shape index (κ2) is 59.6. The Balaban J connectivity index is 0. The molecular formula is H3MgNO2Zn. The van der Waals surface area contributed by atoms with Gasteiger partial charge in [-0.1, -0.05) is 0 Å². The van der Waals surface area contributed by atoms with Crippen LogP contribution in [0.4, 0.5) is 0 Å². The van der Waals surface area contributed by atoms with Gasteiger partial charge < -0.3 is 17.1 Å². The predicted molar refractivity (Wildman–Crippen MR) is 12.1 cm³/mol. The minimum absolute atomic E-state index is 0. The molecule has 24 valence electrons. The van der Waals surface area contributed by atoms with Crippen molar-refractivity contribution in [2.24, 2.45) is 0 Å². The molecule has 3 nitrogen and oxygen atoms in total. The molecule has 0 amide bonds. The summed E-state index contributed by atoms with van der Waals surface area (Å²) in [6.07, 6.45) is 0. The molecule has 3 N–H and O–H groups in total. The molecule has 0 saturated carbocycles. The fourth-order valence-corrected chi connectivity index (χ4v) is 0. The monoisotopic (exact) mass is 137 g/mol. The fraction of sp³-hybridized carbons (Fsp3) is 0. The van der Waals surface area contributed by atoms with Crippen molar-refractivity contribution in [3.63, 3.8) is 0 Å². The normalized spacial score (nSPS) is 0. The van der Waals surface area contributed by atoms with E-state index in [4.69, 9.17) is 0 Å². The smallest absolute Gasteiger partial charge is 2.00 e. The van der Waals surface area contributed by atoms with E-state index < -0.39 is 0 Å². The van der Waals surface area contributed by atoms with Gasteiger partial charge in [0.25, 0.3) is 0 Å². The first-order chi connectivity index (χ1) is 0. The predicted octanol–water partition coefficient (Wildman–Crippen LogP) is -0.459. The molecule has 0 atom stereocenters. The molecule has 0 spiro atoms. The second-order valence-corrected chi connectivity index (χ2v) is 0. The molecule has 0 fully saturated rings. The Morgan fingerprint density at radius 3 is 0.800 bits per heavy atom. The van der Waals surface area contributed by atoms with Gasteiger partial charge in [0.05, 0.1) is 0 Å². The SMILES string of the molecule is N.[Mg+2].[O-2].[O-2].[Zn+2]. The van der Waals surface area contributed by atoms with Crippen LogP contribution in [-0.4, -0.2) is 23.1 Å². The fourth-order valence-electron chi connectivity index (χ4n) is 0. The van der Waals surface area contributed by atoms with Crippen molar-refractivity contribution in [2.45, 2.75) is 0 Å². The molecule has 0 radical (unpaired) electrons. The molecule has 0 aliphatic heterocycles. The summed E-state index contributed by atoms with van der Waals surface area (Å²) in [5.41, 5.74) is 0. The average Bonchev–Trinajstić information content (AvgIpc) is 0. The van der Waals surface area contributed by atoms with Gasteiger partial charge in [-0.2, -0.15) is 0 Å². The summed E-state index contributed by atoms with van der Waals surface area (Å²) in [6.45, 7) is 0. The van der Waals surface area contributed by atoms with Crippen molar-refractivity contribution in [3.8, 4) is 0 Å². The van der Waals surface area contributed by atoms with Crippen molar-refractivity contribution >= 4 is 23.1 Å². The Hall–Kier alpha value is 1.27. The van der Waals surface area contributed by atoms with Crippen molar-refractivity contribution in [2.75, 3.05) is 0 Å². The van der Waals surface area contributed by atoms with Crippen LogP contribution in [-0.2, 0) is 30.4 Å². The third kappa shape index (κ3) is 34.9. The summed E-state index contributed by atoms with van der Waals surface area (Å²) in [6, 6.07) is 0. The first-order valence-corrected chi connectivity index (χ1v) is 0. The molecule has 0 aromatic heterocycles.